The van der Waals surface area contributed by atoms with Crippen molar-refractivity contribution >= 4 is 33.9 Å². The van der Waals surface area contributed by atoms with E-state index in [0.717, 1.165) is 65.3 Å². The molecule has 8 heteroatoms. The van der Waals surface area contributed by atoms with Crippen LogP contribution in [0.4, 0.5) is 5.69 Å². The van der Waals surface area contributed by atoms with Crippen LogP contribution in [0.15, 0.2) is 30.3 Å². The van der Waals surface area contributed by atoms with Crippen LogP contribution in [0.2, 0.25) is 0 Å². The van der Waals surface area contributed by atoms with Crippen LogP contribution in [-0.2, 0) is 18.3 Å². The van der Waals surface area contributed by atoms with Crippen molar-refractivity contribution in [3.05, 3.63) is 52.7 Å². The van der Waals surface area contributed by atoms with Crippen LogP contribution in [0, 0.1) is 5.92 Å². The van der Waals surface area contributed by atoms with E-state index in [1.807, 2.05) is 18.2 Å². The monoisotopic (exact) mass is 488 g/mol. The fraction of sp³-hybridized carbons (Fsp3) is 0.444. The van der Waals surface area contributed by atoms with Gasteiger partial charge in [-0.3, -0.25) is 4.90 Å². The molecule has 0 amide bonds. The van der Waals surface area contributed by atoms with E-state index in [1.165, 1.54) is 18.4 Å². The second kappa shape index (κ2) is 6.49. The molecule has 180 valence electrons. The molecular weight excluding hydrogens is 460 g/mol. The summed E-state index contributed by atoms with van der Waals surface area (Å²) in [6.45, 7) is 1.99. The lowest BCUT2D eigenvalue weighted by Crippen LogP contribution is -2.74. The number of nitrogens with one attached hydrogen (secondary N) is 2. The molecule has 1 spiro atoms. The number of piperidine rings is 1. The molecule has 35 heavy (non-hydrogen) atoms. The predicted octanol–water partition coefficient (Wildman–Crippen LogP) is 3.23. The smallest absolute Gasteiger partial charge is 0.168 e. The maximum absolute atomic E-state index is 12.9. The Balaban J connectivity index is 1.37. The lowest BCUT2D eigenvalue weighted by atomic mass is 9.49. The van der Waals surface area contributed by atoms with Gasteiger partial charge in [0.25, 0.3) is 0 Å². The molecule has 7 nitrogen and oxygen atoms in total. The predicted molar refractivity (Wildman–Crippen MR) is 137 cm³/mol. The van der Waals surface area contributed by atoms with Crippen molar-refractivity contribution in [3.63, 3.8) is 0 Å². The van der Waals surface area contributed by atoms with Gasteiger partial charge in [0, 0.05) is 41.2 Å². The molecule has 3 aromatic rings. The Bertz CT molecular complexity index is 1450. The molecule has 1 saturated heterocycles. The zero-order valence-electron chi connectivity index (χ0n) is 19.3. The van der Waals surface area contributed by atoms with E-state index in [-0.39, 0.29) is 23.0 Å². The van der Waals surface area contributed by atoms with Crippen molar-refractivity contribution in [3.8, 4) is 11.5 Å². The summed E-state index contributed by atoms with van der Waals surface area (Å²) in [6.07, 6.45) is 4.33. The van der Waals surface area contributed by atoms with Gasteiger partial charge in [0.05, 0.1) is 16.7 Å². The number of aromatic amines is 1. The Morgan fingerprint density at radius 2 is 2.14 bits per heavy atom. The number of phenolic OH excluding ortho intramolecular Hbond substituents is 1. The Morgan fingerprint density at radius 1 is 1.29 bits per heavy atom. The lowest BCUT2D eigenvalue weighted by Gasteiger charge is -2.62. The molecule has 2 fully saturated rings. The van der Waals surface area contributed by atoms with Crippen LogP contribution in [0.25, 0.3) is 10.9 Å². The minimum absolute atomic E-state index is 0.0157. The summed E-state index contributed by atoms with van der Waals surface area (Å²) < 4.78 is 6.64. The molecular formula is C27H28N4O3S. The molecule has 0 radical (unpaired) electrons. The summed E-state index contributed by atoms with van der Waals surface area (Å²) >= 11 is 5.05. The third kappa shape index (κ3) is 2.45. The molecule has 5 aliphatic rings. The van der Waals surface area contributed by atoms with Crippen molar-refractivity contribution in [1.29, 1.82) is 0 Å². The van der Waals surface area contributed by atoms with Gasteiger partial charge in [0.15, 0.2) is 22.7 Å². The number of phenols is 1. The first-order chi connectivity index (χ1) is 16.9. The Morgan fingerprint density at radius 3 is 2.94 bits per heavy atom. The largest absolute Gasteiger partial charge is 0.504 e. The summed E-state index contributed by atoms with van der Waals surface area (Å²) in [5, 5.41) is 28.0. The van der Waals surface area contributed by atoms with Crippen LogP contribution < -0.4 is 15.8 Å². The number of rotatable bonds is 3. The van der Waals surface area contributed by atoms with Crippen molar-refractivity contribution in [2.75, 3.05) is 18.4 Å². The minimum Gasteiger partial charge on any atom is -0.504 e. The minimum atomic E-state index is -0.994. The maximum atomic E-state index is 12.9. The van der Waals surface area contributed by atoms with Crippen molar-refractivity contribution in [2.45, 2.75) is 55.3 Å². The number of fused-ring (bicyclic) bond motifs is 4. The molecule has 2 aromatic carbocycles. The summed E-state index contributed by atoms with van der Waals surface area (Å²) in [7, 11) is 0. The van der Waals surface area contributed by atoms with Crippen molar-refractivity contribution in [2.24, 2.45) is 11.7 Å². The Labute approximate surface area is 208 Å². The highest BCUT2D eigenvalue weighted by Crippen LogP contribution is 2.69. The van der Waals surface area contributed by atoms with Crippen LogP contribution in [0.5, 0.6) is 11.5 Å². The lowest BCUT2D eigenvalue weighted by molar-refractivity contribution is -0.173. The van der Waals surface area contributed by atoms with Crippen LogP contribution in [0.3, 0.4) is 0 Å². The zero-order valence-corrected chi connectivity index (χ0v) is 20.1. The van der Waals surface area contributed by atoms with E-state index in [9.17, 15) is 10.2 Å². The first kappa shape index (κ1) is 20.4. The zero-order chi connectivity index (χ0) is 23.7. The Hall–Kier alpha value is -2.81. The fourth-order valence-corrected chi connectivity index (χ4v) is 7.96. The van der Waals surface area contributed by atoms with Crippen LogP contribution >= 0.6 is 12.2 Å². The van der Waals surface area contributed by atoms with Crippen molar-refractivity contribution in [1.82, 2.24) is 9.88 Å². The van der Waals surface area contributed by atoms with Gasteiger partial charge in [0.2, 0.25) is 0 Å². The SMILES string of the molecule is NC(=S)Nc1ccc2[nH]c3c(c2c1)C[C@@]1(O)C2Cc4ccc(O)c5c4[C@@]1(CCN2CC1CC1)[C@H]3O5. The van der Waals surface area contributed by atoms with E-state index in [1.54, 1.807) is 6.07 Å². The summed E-state index contributed by atoms with van der Waals surface area (Å²) in [6, 6.07) is 9.85. The number of benzene rings is 2. The number of nitrogens with zero attached hydrogens (tertiary/aromatic N) is 1. The first-order valence-corrected chi connectivity index (χ1v) is 13.0. The number of nitrogens with two attached hydrogens (primary N) is 1. The van der Waals surface area contributed by atoms with Gasteiger partial charge in [-0.15, -0.1) is 0 Å². The molecule has 3 heterocycles. The van der Waals surface area contributed by atoms with E-state index < -0.39 is 11.0 Å². The van der Waals surface area contributed by atoms with Crippen LogP contribution in [0.1, 0.15) is 47.8 Å². The molecule has 6 N–H and O–H groups in total. The molecule has 2 aliphatic heterocycles. The summed E-state index contributed by atoms with van der Waals surface area (Å²) in [5.41, 5.74) is 10.3. The topological polar surface area (TPSA) is 107 Å². The number of thiocarbonyl (C=S) groups is 1. The second-order valence-corrected chi connectivity index (χ2v) is 11.6. The normalized spacial score (nSPS) is 32.1. The Kier molecular flexibility index (Phi) is 3.78. The number of likely N-dealkylation sites (tertiary alicyclic amines) is 1. The number of aromatic hydroxyl groups is 1. The van der Waals surface area contributed by atoms with Crippen LogP contribution in [-0.4, -0.2) is 49.9 Å². The number of ether oxygens (including phenoxy) is 1. The van der Waals surface area contributed by atoms with Gasteiger partial charge in [-0.1, -0.05) is 6.07 Å². The maximum Gasteiger partial charge on any atom is 0.168 e. The van der Waals surface area contributed by atoms with E-state index >= 15 is 0 Å². The van der Waals surface area contributed by atoms with Crippen molar-refractivity contribution < 1.29 is 14.9 Å². The molecule has 1 unspecified atom stereocenters. The van der Waals surface area contributed by atoms with E-state index in [2.05, 4.69) is 21.3 Å². The summed E-state index contributed by atoms with van der Waals surface area (Å²) in [5.74, 6) is 1.47. The number of hydrogen-bond acceptors (Lipinski definition) is 5. The number of hydrogen-bond donors (Lipinski definition) is 5. The summed E-state index contributed by atoms with van der Waals surface area (Å²) in [4.78, 5) is 6.18. The van der Waals surface area contributed by atoms with E-state index in [0.29, 0.717) is 12.2 Å². The number of aromatic nitrogens is 1. The van der Waals surface area contributed by atoms with Gasteiger partial charge in [-0.25, -0.2) is 0 Å². The molecule has 1 aromatic heterocycles. The quantitative estimate of drug-likeness (QED) is 0.361. The highest BCUT2D eigenvalue weighted by molar-refractivity contribution is 7.80. The third-order valence-electron chi connectivity index (χ3n) is 9.43. The molecule has 1 saturated carbocycles. The third-order valence-corrected chi connectivity index (χ3v) is 9.53. The van der Waals surface area contributed by atoms with Gasteiger partial charge >= 0.3 is 0 Å². The van der Waals surface area contributed by atoms with E-state index in [4.69, 9.17) is 22.7 Å². The number of H-pyrrole nitrogens is 1. The number of aliphatic hydroxyl groups is 1. The molecule has 2 bridgehead atoms. The second-order valence-electron chi connectivity index (χ2n) is 11.2. The van der Waals surface area contributed by atoms with Gasteiger partial charge in [-0.2, -0.15) is 0 Å². The highest BCUT2D eigenvalue weighted by Gasteiger charge is 2.72. The average molecular weight is 489 g/mol. The van der Waals surface area contributed by atoms with Gasteiger partial charge < -0.3 is 31.0 Å². The fourth-order valence-electron chi connectivity index (χ4n) is 7.84. The standard InChI is InChI=1S/C27H28N4O3S/c28-25(35)29-15-4-5-18-16(10-15)17-11-27(33)20-9-14-3-6-19(32)23-21(14)26(27,24(34-23)22(17)30-18)7-8-31(20)12-13-1-2-13/h3-6,10,13,20,24,30,32-33H,1-2,7-9,11-12H2,(H3,28,29,35)/t20?,24-,26-,27+/m0/s1. The highest BCUT2D eigenvalue weighted by atomic mass is 32.1. The first-order valence-electron chi connectivity index (χ1n) is 12.6. The number of anilines is 1. The molecule has 4 atom stereocenters. The van der Waals surface area contributed by atoms with Gasteiger partial charge in [-0.05, 0) is 85.8 Å². The van der Waals surface area contributed by atoms with Gasteiger partial charge in [0.1, 0.15) is 0 Å². The average Bonchev–Trinajstić information content (AvgIpc) is 3.46. The molecule has 8 rings (SSSR count). The molecule has 3 aliphatic carbocycles.